The van der Waals surface area contributed by atoms with Gasteiger partial charge in [0, 0.05) is 19.2 Å². The zero-order chi connectivity index (χ0) is 20.8. The smallest absolute Gasteiger partial charge is 0.251 e. The molecule has 1 aromatic rings. The first-order chi connectivity index (χ1) is 13.3. The molecule has 0 spiro atoms. The van der Waals surface area contributed by atoms with Gasteiger partial charge in [-0.25, -0.2) is 4.98 Å². The van der Waals surface area contributed by atoms with Crippen LogP contribution < -0.4 is 20.9 Å². The van der Waals surface area contributed by atoms with Gasteiger partial charge in [0.1, 0.15) is 17.9 Å². The molecule has 0 radical (unpaired) electrons. The van der Waals surface area contributed by atoms with E-state index < -0.39 is 18.1 Å². The Hall–Kier alpha value is -2.48. The minimum absolute atomic E-state index is 0.0943. The molecule has 1 aliphatic rings. The first-order valence-electron chi connectivity index (χ1n) is 9.87. The Morgan fingerprint density at radius 2 is 2.00 bits per heavy atom. The van der Waals surface area contributed by atoms with Crippen molar-refractivity contribution < 1.29 is 14.4 Å². The van der Waals surface area contributed by atoms with Crippen LogP contribution in [0.15, 0.2) is 18.3 Å². The molecule has 3 amide bonds. The summed E-state index contributed by atoms with van der Waals surface area (Å²) < 4.78 is 0. The molecule has 3 N–H and O–H groups in total. The van der Waals surface area contributed by atoms with E-state index in [1.165, 1.54) is 4.90 Å². The number of nitrogens with one attached hydrogen (secondary N) is 3. The van der Waals surface area contributed by atoms with Crippen molar-refractivity contribution in [3.05, 3.63) is 23.9 Å². The van der Waals surface area contributed by atoms with E-state index in [4.69, 9.17) is 0 Å². The van der Waals surface area contributed by atoms with Crippen LogP contribution in [0.5, 0.6) is 0 Å². The summed E-state index contributed by atoms with van der Waals surface area (Å²) in [6, 6.07) is 1.84. The van der Waals surface area contributed by atoms with Gasteiger partial charge in [-0.15, -0.1) is 0 Å². The van der Waals surface area contributed by atoms with Gasteiger partial charge in [0.15, 0.2) is 0 Å². The molecule has 8 heteroatoms. The molecule has 4 atom stereocenters. The molecule has 154 valence electrons. The molecule has 0 bridgehead atoms. The van der Waals surface area contributed by atoms with Gasteiger partial charge in [-0.1, -0.05) is 26.3 Å². The van der Waals surface area contributed by atoms with Crippen molar-refractivity contribution in [2.45, 2.75) is 58.7 Å². The lowest BCUT2D eigenvalue weighted by Gasteiger charge is -2.31. The maximum atomic E-state index is 13.5. The van der Waals surface area contributed by atoms with Crippen LogP contribution in [-0.2, 0) is 20.8 Å². The number of rotatable bonds is 8. The summed E-state index contributed by atoms with van der Waals surface area (Å²) in [6.45, 7) is 7.94. The number of fused-ring (bicyclic) bond motifs is 1. The minimum Gasteiger partial charge on any atom is -0.355 e. The second kappa shape index (κ2) is 9.64. The standard InChI is InChI=1S/C20H31N5O3/c1-6-12(3)16(24-18(26)13(4)21-5)20(28)25-15(19(27)22-7-2)11-14-9-8-10-23-17(14)25/h8-10,12-13,15-16,21H,6-7,11H2,1-5H3,(H,22,27)(H,24,26)/t12-,13-,15+,16-/m0/s1. The lowest BCUT2D eigenvalue weighted by Crippen LogP contribution is -2.58. The monoisotopic (exact) mass is 389 g/mol. The van der Waals surface area contributed by atoms with Crippen LogP contribution in [-0.4, -0.2) is 54.4 Å². The van der Waals surface area contributed by atoms with E-state index in [0.29, 0.717) is 25.2 Å². The molecule has 8 nitrogen and oxygen atoms in total. The summed E-state index contributed by atoms with van der Waals surface area (Å²) >= 11 is 0. The lowest BCUT2D eigenvalue weighted by molar-refractivity contribution is -0.131. The van der Waals surface area contributed by atoms with Crippen molar-refractivity contribution in [3.63, 3.8) is 0 Å². The van der Waals surface area contributed by atoms with Crippen molar-refractivity contribution in [2.75, 3.05) is 18.5 Å². The predicted octanol–water partition coefficient (Wildman–Crippen LogP) is 0.614. The molecule has 2 rings (SSSR count). The van der Waals surface area contributed by atoms with Gasteiger partial charge < -0.3 is 16.0 Å². The summed E-state index contributed by atoms with van der Waals surface area (Å²) in [7, 11) is 1.69. The average Bonchev–Trinajstić information content (AvgIpc) is 3.10. The Balaban J connectivity index is 2.38. The largest absolute Gasteiger partial charge is 0.355 e. The molecule has 0 saturated heterocycles. The third kappa shape index (κ3) is 4.49. The number of carbonyl (C=O) groups is 3. The summed E-state index contributed by atoms with van der Waals surface area (Å²) in [4.78, 5) is 44.4. The second-order valence-electron chi connectivity index (χ2n) is 7.19. The van der Waals surface area contributed by atoms with Crippen molar-refractivity contribution in [1.29, 1.82) is 0 Å². The quantitative estimate of drug-likeness (QED) is 0.605. The predicted molar refractivity (Wildman–Crippen MR) is 108 cm³/mol. The third-order valence-corrected chi connectivity index (χ3v) is 5.31. The van der Waals surface area contributed by atoms with Crippen molar-refractivity contribution in [1.82, 2.24) is 20.9 Å². The summed E-state index contributed by atoms with van der Waals surface area (Å²) in [5.41, 5.74) is 0.852. The number of hydrogen-bond donors (Lipinski definition) is 3. The molecule has 2 heterocycles. The van der Waals surface area contributed by atoms with Crippen LogP contribution in [0, 0.1) is 5.92 Å². The van der Waals surface area contributed by atoms with Crippen LogP contribution in [0.3, 0.4) is 0 Å². The maximum Gasteiger partial charge on any atom is 0.251 e. The van der Waals surface area contributed by atoms with Crippen LogP contribution in [0.4, 0.5) is 5.82 Å². The van der Waals surface area contributed by atoms with E-state index in [9.17, 15) is 14.4 Å². The van der Waals surface area contributed by atoms with Gasteiger partial charge in [0.25, 0.3) is 5.91 Å². The number of carbonyl (C=O) groups excluding carboxylic acids is 3. The highest BCUT2D eigenvalue weighted by atomic mass is 16.2. The van der Waals surface area contributed by atoms with E-state index in [0.717, 1.165) is 5.56 Å². The van der Waals surface area contributed by atoms with Gasteiger partial charge in [-0.3, -0.25) is 19.3 Å². The van der Waals surface area contributed by atoms with Crippen molar-refractivity contribution >= 4 is 23.5 Å². The highest BCUT2D eigenvalue weighted by molar-refractivity contribution is 6.06. The highest BCUT2D eigenvalue weighted by Gasteiger charge is 2.43. The van der Waals surface area contributed by atoms with Gasteiger partial charge in [-0.05, 0) is 38.4 Å². The molecule has 0 aromatic carbocycles. The summed E-state index contributed by atoms with van der Waals surface area (Å²) in [5, 5.41) is 8.55. The zero-order valence-electron chi connectivity index (χ0n) is 17.3. The molecule has 0 aliphatic carbocycles. The van der Waals surface area contributed by atoms with E-state index >= 15 is 0 Å². The fourth-order valence-corrected chi connectivity index (χ4v) is 3.26. The number of likely N-dealkylation sites (N-methyl/N-ethyl adjacent to an activating group) is 2. The Labute approximate surface area is 166 Å². The van der Waals surface area contributed by atoms with Crippen LogP contribution in [0.1, 0.15) is 39.7 Å². The number of amides is 3. The molecule has 0 saturated carbocycles. The fraction of sp³-hybridized carbons (Fsp3) is 0.600. The average molecular weight is 390 g/mol. The number of anilines is 1. The first kappa shape index (κ1) is 21.8. The Kier molecular flexibility index (Phi) is 7.51. The van der Waals surface area contributed by atoms with Crippen molar-refractivity contribution in [2.24, 2.45) is 5.92 Å². The number of nitrogens with zero attached hydrogens (tertiary/aromatic N) is 2. The molecule has 28 heavy (non-hydrogen) atoms. The number of pyridine rings is 1. The normalized spacial score (nSPS) is 18.8. The molecule has 1 aliphatic heterocycles. The fourth-order valence-electron chi connectivity index (χ4n) is 3.26. The van der Waals surface area contributed by atoms with Crippen LogP contribution >= 0.6 is 0 Å². The van der Waals surface area contributed by atoms with Crippen LogP contribution in [0.25, 0.3) is 0 Å². The zero-order valence-corrected chi connectivity index (χ0v) is 17.3. The van der Waals surface area contributed by atoms with Gasteiger partial charge in [-0.2, -0.15) is 0 Å². The van der Waals surface area contributed by atoms with Gasteiger partial charge in [0.2, 0.25) is 11.8 Å². The summed E-state index contributed by atoms with van der Waals surface area (Å²) in [6.07, 6.45) is 2.73. The van der Waals surface area contributed by atoms with E-state index in [1.807, 2.05) is 26.8 Å². The topological polar surface area (TPSA) is 103 Å². The minimum atomic E-state index is -0.738. The molecular formula is C20H31N5O3. The van der Waals surface area contributed by atoms with E-state index in [-0.39, 0.29) is 23.6 Å². The molecular weight excluding hydrogens is 358 g/mol. The van der Waals surface area contributed by atoms with E-state index in [1.54, 1.807) is 26.2 Å². The summed E-state index contributed by atoms with van der Waals surface area (Å²) in [5.74, 6) is -0.376. The highest BCUT2D eigenvalue weighted by Crippen LogP contribution is 2.31. The lowest BCUT2D eigenvalue weighted by atomic mass is 9.97. The van der Waals surface area contributed by atoms with Crippen molar-refractivity contribution in [3.8, 4) is 0 Å². The number of hydrogen-bond acceptors (Lipinski definition) is 5. The maximum absolute atomic E-state index is 13.5. The number of aromatic nitrogens is 1. The Bertz CT molecular complexity index is 724. The SMILES string of the molecule is CCNC(=O)[C@H]1Cc2cccnc2N1C(=O)[C@@H](NC(=O)[C@H](C)NC)[C@@H](C)CC. The second-order valence-corrected chi connectivity index (χ2v) is 7.19. The van der Waals surface area contributed by atoms with Crippen LogP contribution in [0.2, 0.25) is 0 Å². The Morgan fingerprint density at radius 1 is 1.29 bits per heavy atom. The molecule has 0 unspecified atom stereocenters. The van der Waals surface area contributed by atoms with Gasteiger partial charge in [0.05, 0.1) is 6.04 Å². The Morgan fingerprint density at radius 3 is 2.61 bits per heavy atom. The first-order valence-corrected chi connectivity index (χ1v) is 9.87. The third-order valence-electron chi connectivity index (χ3n) is 5.31. The van der Waals surface area contributed by atoms with E-state index in [2.05, 4.69) is 20.9 Å². The van der Waals surface area contributed by atoms with Gasteiger partial charge >= 0.3 is 0 Å². The molecule has 1 aromatic heterocycles. The molecule has 0 fully saturated rings.